The highest BCUT2D eigenvalue weighted by molar-refractivity contribution is 5.95. The van der Waals surface area contributed by atoms with Crippen LogP contribution >= 0.6 is 0 Å². The Morgan fingerprint density at radius 3 is 2.26 bits per heavy atom. The molecule has 256 valence electrons. The van der Waals surface area contributed by atoms with E-state index in [9.17, 15) is 29.1 Å². The molecule has 5 atom stereocenters. The first kappa shape index (κ1) is 37.1. The van der Waals surface area contributed by atoms with Gasteiger partial charge in [-0.3, -0.25) is 19.3 Å². The summed E-state index contributed by atoms with van der Waals surface area (Å²) in [5.74, 6) is -2.87. The summed E-state index contributed by atoms with van der Waals surface area (Å²) in [4.78, 5) is 68.9. The van der Waals surface area contributed by atoms with Crippen molar-refractivity contribution >= 4 is 40.6 Å². The third-order valence-electron chi connectivity index (χ3n) is 8.38. The van der Waals surface area contributed by atoms with Gasteiger partial charge in [-0.1, -0.05) is 69.3 Å². The van der Waals surface area contributed by atoms with Crippen LogP contribution < -0.4 is 10.6 Å². The highest BCUT2D eigenvalue weighted by Crippen LogP contribution is 2.31. The Balaban J connectivity index is 1.82. The van der Waals surface area contributed by atoms with Crippen LogP contribution in [0.1, 0.15) is 66.9 Å². The molecule has 2 aromatic carbocycles. The molecule has 0 aliphatic carbocycles. The van der Waals surface area contributed by atoms with E-state index in [0.29, 0.717) is 12.8 Å². The summed E-state index contributed by atoms with van der Waals surface area (Å²) in [6.45, 7) is 16.2. The smallest absolute Gasteiger partial charge is 0.410 e. The zero-order valence-electron chi connectivity index (χ0n) is 28.8. The van der Waals surface area contributed by atoms with Gasteiger partial charge in [0.25, 0.3) is 0 Å². The Morgan fingerprint density at radius 2 is 1.68 bits per heavy atom. The maximum Gasteiger partial charge on any atom is 0.410 e. The molecule has 0 spiro atoms. The van der Waals surface area contributed by atoms with E-state index in [-0.39, 0.29) is 18.9 Å². The number of likely N-dealkylation sites (tertiary alicyclic amines) is 1. The second-order valence-electron chi connectivity index (χ2n) is 14.5. The summed E-state index contributed by atoms with van der Waals surface area (Å²) in [7, 11) is 1.45. The van der Waals surface area contributed by atoms with Crippen molar-refractivity contribution in [2.24, 2.45) is 11.3 Å². The van der Waals surface area contributed by atoms with Crippen molar-refractivity contribution in [3.63, 3.8) is 0 Å². The summed E-state index contributed by atoms with van der Waals surface area (Å²) in [5.41, 5.74) is -0.775. The van der Waals surface area contributed by atoms with Crippen molar-refractivity contribution in [3.05, 3.63) is 60.7 Å². The third-order valence-corrected chi connectivity index (χ3v) is 8.38. The molecule has 0 radical (unpaired) electrons. The predicted molar refractivity (Wildman–Crippen MR) is 180 cm³/mol. The van der Waals surface area contributed by atoms with E-state index >= 15 is 0 Å². The first-order valence-corrected chi connectivity index (χ1v) is 16.0. The number of aliphatic carboxylic acids is 1. The SMILES string of the molecule is C=CC[C@H]1C[C@@H](C(=O)N[C@@H](Cc2ccc3ccccc3c2)C(=O)O)N(C(=O)[C@@H](NC(=O)[C@H](C)N(C)C(=O)OC(C)(C)C)C(C)(C)C)C1. The minimum atomic E-state index is -1.22. The first-order valence-electron chi connectivity index (χ1n) is 16.0. The molecular formula is C36H50N4O7. The number of likely N-dealkylation sites (N-methyl/N-ethyl adjacent to an activating group) is 1. The monoisotopic (exact) mass is 650 g/mol. The molecule has 3 rings (SSSR count). The highest BCUT2D eigenvalue weighted by Gasteiger charge is 2.45. The van der Waals surface area contributed by atoms with Crippen molar-refractivity contribution in [1.29, 1.82) is 0 Å². The Bertz CT molecular complexity index is 1490. The zero-order valence-corrected chi connectivity index (χ0v) is 28.8. The number of carboxylic acids is 1. The summed E-state index contributed by atoms with van der Waals surface area (Å²) in [6, 6.07) is 9.22. The minimum absolute atomic E-state index is 0.0619. The van der Waals surface area contributed by atoms with Gasteiger partial charge in [-0.05, 0) is 68.2 Å². The summed E-state index contributed by atoms with van der Waals surface area (Å²) >= 11 is 0. The van der Waals surface area contributed by atoms with E-state index in [1.165, 1.54) is 23.8 Å². The van der Waals surface area contributed by atoms with Crippen LogP contribution in [0.25, 0.3) is 10.8 Å². The molecule has 4 amide bonds. The molecule has 11 nitrogen and oxygen atoms in total. The van der Waals surface area contributed by atoms with Crippen molar-refractivity contribution in [2.75, 3.05) is 13.6 Å². The highest BCUT2D eigenvalue weighted by atomic mass is 16.6. The molecule has 47 heavy (non-hydrogen) atoms. The van der Waals surface area contributed by atoms with E-state index < -0.39 is 65.0 Å². The van der Waals surface area contributed by atoms with Gasteiger partial charge in [0.15, 0.2) is 0 Å². The number of nitrogens with one attached hydrogen (secondary N) is 2. The molecule has 11 heteroatoms. The molecule has 2 aromatic rings. The molecule has 1 aliphatic heterocycles. The fourth-order valence-corrected chi connectivity index (χ4v) is 5.64. The topological polar surface area (TPSA) is 145 Å². The first-order chi connectivity index (χ1) is 21.8. The molecule has 1 saturated heterocycles. The molecule has 3 N–H and O–H groups in total. The van der Waals surface area contributed by atoms with E-state index in [0.717, 1.165) is 16.3 Å². The van der Waals surface area contributed by atoms with Crippen molar-refractivity contribution in [2.45, 2.75) is 97.5 Å². The molecule has 0 saturated carbocycles. The number of carbonyl (C=O) groups excluding carboxylic acids is 4. The summed E-state index contributed by atoms with van der Waals surface area (Å²) in [5, 5.41) is 17.5. The van der Waals surface area contributed by atoms with Crippen LogP contribution in [0.2, 0.25) is 0 Å². The summed E-state index contributed by atoms with van der Waals surface area (Å²) in [6.07, 6.45) is 1.97. The van der Waals surface area contributed by atoms with Crippen molar-refractivity contribution in [1.82, 2.24) is 20.4 Å². The van der Waals surface area contributed by atoms with Gasteiger partial charge in [-0.2, -0.15) is 0 Å². The van der Waals surface area contributed by atoms with Crippen LogP contribution in [0, 0.1) is 11.3 Å². The van der Waals surface area contributed by atoms with Gasteiger partial charge in [-0.25, -0.2) is 9.59 Å². The predicted octanol–water partition coefficient (Wildman–Crippen LogP) is 4.53. The lowest BCUT2D eigenvalue weighted by molar-refractivity contribution is -0.146. The average Bonchev–Trinajstić information content (AvgIpc) is 3.41. The minimum Gasteiger partial charge on any atom is -0.480 e. The number of ether oxygens (including phenoxy) is 1. The van der Waals surface area contributed by atoms with Crippen LogP contribution in [-0.2, 0) is 30.3 Å². The van der Waals surface area contributed by atoms with Gasteiger partial charge in [0, 0.05) is 20.0 Å². The fraction of sp³-hybridized carbons (Fsp3) is 0.528. The standard InChI is InChI=1S/C36H50N4O7/c1-10-13-24-20-28(31(42)37-27(33(44)45)19-23-16-17-25-14-11-12-15-26(25)18-23)40(21-24)32(43)29(35(3,4)5)38-30(41)22(2)39(9)34(46)47-36(6,7)8/h10-12,14-18,22,24,27-29H,1,13,19-21H2,2-9H3,(H,37,42)(H,38,41)(H,44,45)/t22-,24-,27-,28-,29+/m0/s1. The van der Waals surface area contributed by atoms with Crippen LogP contribution in [0.4, 0.5) is 4.79 Å². The van der Waals surface area contributed by atoms with E-state index in [2.05, 4.69) is 17.2 Å². The van der Waals surface area contributed by atoms with Gasteiger partial charge in [0.2, 0.25) is 17.7 Å². The number of rotatable bonds is 11. The van der Waals surface area contributed by atoms with Crippen LogP contribution in [-0.4, -0.2) is 88.1 Å². The van der Waals surface area contributed by atoms with Gasteiger partial charge >= 0.3 is 12.1 Å². The molecule has 0 bridgehead atoms. The number of nitrogens with zero attached hydrogens (tertiary/aromatic N) is 2. The lowest BCUT2D eigenvalue weighted by atomic mass is 9.85. The normalized spacial score (nSPS) is 18.5. The van der Waals surface area contributed by atoms with Gasteiger partial charge in [0.1, 0.15) is 29.8 Å². The van der Waals surface area contributed by atoms with Crippen LogP contribution in [0.5, 0.6) is 0 Å². The number of hydrogen-bond acceptors (Lipinski definition) is 6. The number of fused-ring (bicyclic) bond motifs is 1. The molecule has 0 aromatic heterocycles. The van der Waals surface area contributed by atoms with Crippen molar-refractivity contribution < 1.29 is 33.8 Å². The Labute approximate surface area is 277 Å². The fourth-order valence-electron chi connectivity index (χ4n) is 5.64. The summed E-state index contributed by atoms with van der Waals surface area (Å²) < 4.78 is 5.39. The number of benzene rings is 2. The molecule has 1 aliphatic rings. The van der Waals surface area contributed by atoms with Gasteiger partial charge in [-0.15, -0.1) is 6.58 Å². The number of amides is 4. The Morgan fingerprint density at radius 1 is 1.04 bits per heavy atom. The maximum atomic E-state index is 14.2. The Kier molecular flexibility index (Phi) is 11.8. The molecule has 1 heterocycles. The number of hydrogen-bond donors (Lipinski definition) is 3. The number of carbonyl (C=O) groups is 5. The lowest BCUT2D eigenvalue weighted by Crippen LogP contribution is -2.60. The van der Waals surface area contributed by atoms with Crippen molar-refractivity contribution in [3.8, 4) is 0 Å². The quantitative estimate of drug-likeness (QED) is 0.303. The number of carboxylic acid groups (broad SMARTS) is 1. The van der Waals surface area contributed by atoms with Crippen LogP contribution in [0.15, 0.2) is 55.1 Å². The zero-order chi connectivity index (χ0) is 35.3. The maximum absolute atomic E-state index is 14.2. The number of allylic oxidation sites excluding steroid dienone is 1. The largest absolute Gasteiger partial charge is 0.480 e. The second kappa shape index (κ2) is 15.0. The molecular weight excluding hydrogens is 600 g/mol. The van der Waals surface area contributed by atoms with Gasteiger partial charge < -0.3 is 25.4 Å². The van der Waals surface area contributed by atoms with E-state index in [1.807, 2.05) is 42.5 Å². The molecule has 0 unspecified atom stereocenters. The third kappa shape index (κ3) is 9.79. The average molecular weight is 651 g/mol. The van der Waals surface area contributed by atoms with E-state index in [1.54, 1.807) is 47.6 Å². The second-order valence-corrected chi connectivity index (χ2v) is 14.5. The lowest BCUT2D eigenvalue weighted by Gasteiger charge is -2.37. The van der Waals surface area contributed by atoms with E-state index in [4.69, 9.17) is 4.74 Å². The van der Waals surface area contributed by atoms with Gasteiger partial charge in [0.05, 0.1) is 0 Å². The molecule has 1 fully saturated rings. The van der Waals surface area contributed by atoms with Crippen LogP contribution in [0.3, 0.4) is 0 Å². The Hall–Kier alpha value is -4.41.